The molecule has 0 heterocycles. The van der Waals surface area contributed by atoms with Crippen molar-refractivity contribution >= 4 is 15.7 Å². The second-order valence-electron chi connectivity index (χ2n) is 5.41. The molecule has 0 saturated heterocycles. The maximum atomic E-state index is 14.5. The van der Waals surface area contributed by atoms with Crippen LogP contribution in [0.5, 0.6) is 0 Å². The van der Waals surface area contributed by atoms with Crippen LogP contribution in [0.15, 0.2) is 28.7 Å². The van der Waals surface area contributed by atoms with Crippen molar-refractivity contribution in [1.29, 1.82) is 0 Å². The van der Waals surface area contributed by atoms with Gasteiger partial charge in [-0.25, -0.2) is 12.8 Å². The summed E-state index contributed by atoms with van der Waals surface area (Å²) in [4.78, 5) is 0. The van der Waals surface area contributed by atoms with Crippen molar-refractivity contribution in [2.75, 3.05) is 6.26 Å². The van der Waals surface area contributed by atoms with Crippen molar-refractivity contribution in [2.24, 2.45) is 4.40 Å². The Labute approximate surface area is 112 Å². The molecule has 0 amide bonds. The molecule has 0 bridgehead atoms. The Kier molecular flexibility index (Phi) is 2.78. The molecule has 1 aromatic carbocycles. The molecule has 0 aliphatic heterocycles. The second-order valence-corrected chi connectivity index (χ2v) is 7.05. The highest BCUT2D eigenvalue weighted by Gasteiger charge is 2.54. The SMILES string of the molecule is CS(=O)(=O)/N=C1\CC[C@]12c1ccccc1CC[C@H]2F. The van der Waals surface area contributed by atoms with Crippen molar-refractivity contribution in [1.82, 2.24) is 0 Å². The predicted octanol–water partition coefficient (Wildman–Crippen LogP) is 2.40. The van der Waals surface area contributed by atoms with Crippen LogP contribution in [-0.2, 0) is 21.9 Å². The Balaban J connectivity index is 2.16. The zero-order chi connectivity index (χ0) is 13.7. The van der Waals surface area contributed by atoms with Gasteiger partial charge in [0.25, 0.3) is 0 Å². The fourth-order valence-corrected chi connectivity index (χ4v) is 3.99. The molecule has 3 rings (SSSR count). The summed E-state index contributed by atoms with van der Waals surface area (Å²) in [5, 5.41) is 0. The van der Waals surface area contributed by atoms with Gasteiger partial charge in [-0.1, -0.05) is 24.3 Å². The molecule has 0 N–H and O–H groups in total. The minimum atomic E-state index is -3.46. The minimum Gasteiger partial charge on any atom is -0.246 e. The third kappa shape index (κ3) is 1.91. The standard InChI is InChI=1S/C14H16FNO2S/c1-19(17,18)16-13-8-9-14(13)11-5-3-2-4-10(11)6-7-12(14)15/h2-5,12H,6-9H2,1H3/b16-13+/t12-,14-/m1/s1. The maximum Gasteiger partial charge on any atom is 0.250 e. The monoisotopic (exact) mass is 281 g/mol. The molecule has 102 valence electrons. The lowest BCUT2D eigenvalue weighted by molar-refractivity contribution is 0.182. The van der Waals surface area contributed by atoms with E-state index in [4.69, 9.17) is 0 Å². The Hall–Kier alpha value is -1.23. The van der Waals surface area contributed by atoms with E-state index >= 15 is 0 Å². The van der Waals surface area contributed by atoms with Gasteiger partial charge in [-0.3, -0.25) is 0 Å². The van der Waals surface area contributed by atoms with E-state index in [2.05, 4.69) is 4.40 Å². The second kappa shape index (κ2) is 4.13. The van der Waals surface area contributed by atoms with Gasteiger partial charge in [0.1, 0.15) is 6.17 Å². The summed E-state index contributed by atoms with van der Waals surface area (Å²) >= 11 is 0. The Morgan fingerprint density at radius 2 is 2.05 bits per heavy atom. The van der Waals surface area contributed by atoms with Crippen molar-refractivity contribution in [3.8, 4) is 0 Å². The van der Waals surface area contributed by atoms with E-state index < -0.39 is 21.6 Å². The molecule has 0 aromatic heterocycles. The minimum absolute atomic E-state index is 0.444. The molecule has 2 atom stereocenters. The topological polar surface area (TPSA) is 46.5 Å². The normalized spacial score (nSPS) is 32.1. The van der Waals surface area contributed by atoms with E-state index in [1.165, 1.54) is 0 Å². The van der Waals surface area contributed by atoms with Gasteiger partial charge in [0, 0.05) is 5.71 Å². The van der Waals surface area contributed by atoms with Gasteiger partial charge >= 0.3 is 0 Å². The summed E-state index contributed by atoms with van der Waals surface area (Å²) in [6.45, 7) is 0. The van der Waals surface area contributed by atoms with Crippen LogP contribution >= 0.6 is 0 Å². The maximum absolute atomic E-state index is 14.5. The molecule has 19 heavy (non-hydrogen) atoms. The number of sulfonamides is 1. The lowest BCUT2D eigenvalue weighted by Gasteiger charge is -2.49. The van der Waals surface area contributed by atoms with E-state index in [0.29, 0.717) is 31.4 Å². The lowest BCUT2D eigenvalue weighted by atomic mass is 9.56. The molecule has 3 nitrogen and oxygen atoms in total. The molecule has 1 aromatic rings. The number of rotatable bonds is 1. The lowest BCUT2D eigenvalue weighted by Crippen LogP contribution is -2.55. The van der Waals surface area contributed by atoms with Crippen LogP contribution in [0, 0.1) is 0 Å². The highest BCUT2D eigenvalue weighted by molar-refractivity contribution is 7.89. The van der Waals surface area contributed by atoms with E-state index in [1.807, 2.05) is 24.3 Å². The molecule has 5 heteroatoms. The van der Waals surface area contributed by atoms with Gasteiger partial charge in [-0.15, -0.1) is 0 Å². The Morgan fingerprint density at radius 1 is 1.32 bits per heavy atom. The van der Waals surface area contributed by atoms with E-state index in [1.54, 1.807) is 0 Å². The fourth-order valence-electron chi connectivity index (χ4n) is 3.33. The first-order chi connectivity index (χ1) is 8.93. The number of hydrogen-bond donors (Lipinski definition) is 0. The molecule has 2 aliphatic carbocycles. The highest BCUT2D eigenvalue weighted by atomic mass is 32.2. The number of aryl methyl sites for hydroxylation is 1. The van der Waals surface area contributed by atoms with Gasteiger partial charge in [-0.2, -0.15) is 4.40 Å². The largest absolute Gasteiger partial charge is 0.250 e. The van der Waals surface area contributed by atoms with E-state index in [9.17, 15) is 12.8 Å². The zero-order valence-corrected chi connectivity index (χ0v) is 11.6. The van der Waals surface area contributed by atoms with Crippen LogP contribution in [-0.4, -0.2) is 26.6 Å². The van der Waals surface area contributed by atoms with Gasteiger partial charge in [-0.05, 0) is 36.8 Å². The summed E-state index contributed by atoms with van der Waals surface area (Å²) in [7, 11) is -3.46. The first-order valence-corrected chi connectivity index (χ1v) is 8.30. The van der Waals surface area contributed by atoms with Crippen molar-refractivity contribution < 1.29 is 12.8 Å². The Bertz CT molecular complexity index is 653. The molecular weight excluding hydrogens is 265 g/mol. The number of alkyl halides is 1. The number of fused-ring (bicyclic) bond motifs is 2. The predicted molar refractivity (Wildman–Crippen MR) is 72.8 cm³/mol. The number of hydrogen-bond acceptors (Lipinski definition) is 2. The van der Waals surface area contributed by atoms with E-state index in [0.717, 1.165) is 17.4 Å². The average Bonchev–Trinajstić information content (AvgIpc) is 2.34. The molecule has 1 spiro atoms. The summed E-state index contributed by atoms with van der Waals surface area (Å²) in [6.07, 6.45) is 2.41. The van der Waals surface area contributed by atoms with Crippen LogP contribution in [0.4, 0.5) is 4.39 Å². The Morgan fingerprint density at radius 3 is 2.68 bits per heavy atom. The molecule has 1 fully saturated rings. The van der Waals surface area contributed by atoms with Crippen molar-refractivity contribution in [2.45, 2.75) is 37.3 Å². The van der Waals surface area contributed by atoms with Crippen LogP contribution in [0.25, 0.3) is 0 Å². The van der Waals surface area contributed by atoms with Gasteiger partial charge in [0.15, 0.2) is 0 Å². The van der Waals surface area contributed by atoms with Crippen LogP contribution in [0.3, 0.4) is 0 Å². The number of nitrogens with zero attached hydrogens (tertiary/aromatic N) is 1. The summed E-state index contributed by atoms with van der Waals surface area (Å²) in [5.41, 5.74) is 1.77. The zero-order valence-electron chi connectivity index (χ0n) is 10.8. The van der Waals surface area contributed by atoms with Crippen LogP contribution in [0.1, 0.15) is 30.4 Å². The smallest absolute Gasteiger partial charge is 0.246 e. The molecular formula is C14H16FNO2S. The van der Waals surface area contributed by atoms with Gasteiger partial charge < -0.3 is 0 Å². The van der Waals surface area contributed by atoms with Gasteiger partial charge in [0.05, 0.1) is 11.7 Å². The number of halogens is 1. The number of benzene rings is 1. The summed E-state index contributed by atoms with van der Waals surface area (Å²) < 4.78 is 41.0. The average molecular weight is 281 g/mol. The van der Waals surface area contributed by atoms with Crippen molar-refractivity contribution in [3.05, 3.63) is 35.4 Å². The highest BCUT2D eigenvalue weighted by Crippen LogP contribution is 2.50. The third-order valence-electron chi connectivity index (χ3n) is 4.25. The van der Waals surface area contributed by atoms with E-state index in [-0.39, 0.29) is 0 Å². The van der Waals surface area contributed by atoms with Crippen LogP contribution < -0.4 is 0 Å². The third-order valence-corrected chi connectivity index (χ3v) is 4.80. The first kappa shape index (κ1) is 12.8. The van der Waals surface area contributed by atoms with Crippen molar-refractivity contribution in [3.63, 3.8) is 0 Å². The summed E-state index contributed by atoms with van der Waals surface area (Å²) in [6, 6.07) is 7.74. The van der Waals surface area contributed by atoms with Crippen LogP contribution in [0.2, 0.25) is 0 Å². The summed E-state index contributed by atoms with van der Waals surface area (Å²) in [5.74, 6) is 0. The first-order valence-electron chi connectivity index (χ1n) is 6.45. The molecule has 2 aliphatic rings. The molecule has 0 radical (unpaired) electrons. The van der Waals surface area contributed by atoms with Gasteiger partial charge in [0.2, 0.25) is 10.0 Å². The quantitative estimate of drug-likeness (QED) is 0.793. The molecule has 1 saturated carbocycles. The fraction of sp³-hybridized carbons (Fsp3) is 0.500. The molecule has 0 unspecified atom stereocenters.